The fraction of sp³-hybridized carbons (Fsp3) is 1.00. The van der Waals surface area contributed by atoms with E-state index >= 15 is 0 Å². The average Bonchev–Trinajstić information content (AvgIpc) is 2.98. The lowest BCUT2D eigenvalue weighted by Crippen LogP contribution is -2.21. The second kappa shape index (κ2) is 24.0. The zero-order valence-electron chi connectivity index (χ0n) is 24.8. The van der Waals surface area contributed by atoms with Gasteiger partial charge in [0, 0.05) is 11.8 Å². The first kappa shape index (κ1) is 49.5. The molecule has 0 aromatic rings. The van der Waals surface area contributed by atoms with Crippen LogP contribution in [0.5, 0.6) is 0 Å². The van der Waals surface area contributed by atoms with Crippen molar-refractivity contribution in [3.05, 3.63) is 0 Å². The third kappa shape index (κ3) is 28.6. The fourth-order valence-corrected chi connectivity index (χ4v) is 6.20. The van der Waals surface area contributed by atoms with Gasteiger partial charge in [-0.25, -0.2) is 0 Å². The van der Waals surface area contributed by atoms with E-state index in [1.54, 1.807) is 0 Å². The van der Waals surface area contributed by atoms with Crippen molar-refractivity contribution in [2.75, 3.05) is 92.6 Å². The predicted octanol–water partition coefficient (Wildman–Crippen LogP) is -2.86. The summed E-state index contributed by atoms with van der Waals surface area (Å²) in [5, 5.41) is 8.76. The summed E-state index contributed by atoms with van der Waals surface area (Å²) < 4.78 is 140. The van der Waals surface area contributed by atoms with Gasteiger partial charge in [0.1, 0.15) is 0 Å². The second-order valence-electron chi connectivity index (χ2n) is 8.48. The topological polar surface area (TPSA) is 383 Å². The number of halogens is 2. The lowest BCUT2D eigenvalue weighted by atomic mass is 10.2. The molecule has 0 fully saturated rings. The predicted molar refractivity (Wildman–Crippen MR) is 139 cm³/mol. The Bertz CT molecular complexity index is 1220. The van der Waals surface area contributed by atoms with E-state index in [-0.39, 0.29) is 0 Å². The molecule has 0 saturated carbocycles. The summed E-state index contributed by atoms with van der Waals surface area (Å²) in [6.45, 7) is -13.5. The minimum Gasteiger partial charge on any atom is -0.756 e. The van der Waals surface area contributed by atoms with E-state index < -0.39 is 151 Å². The van der Waals surface area contributed by atoms with Crippen molar-refractivity contribution < 1.29 is 125 Å². The number of hydrogen-bond donors (Lipinski definition) is 2. The highest BCUT2D eigenvalue weighted by Crippen LogP contribution is 2.44. The number of phosphoric acid groups is 6. The Morgan fingerprint density at radius 1 is 0.429 bits per heavy atom. The van der Waals surface area contributed by atoms with Gasteiger partial charge in [0.25, 0.3) is 46.9 Å². The van der Waals surface area contributed by atoms with Crippen LogP contribution in [0.3, 0.4) is 0 Å². The van der Waals surface area contributed by atoms with Gasteiger partial charge in [0.15, 0.2) is 0 Å². The van der Waals surface area contributed by atoms with Gasteiger partial charge in [0.05, 0.1) is 92.6 Å². The Labute approximate surface area is 276 Å². The summed E-state index contributed by atoms with van der Waals surface area (Å²) in [4.78, 5) is 76.9. The van der Waals surface area contributed by atoms with Crippen LogP contribution in [0.2, 0.25) is 0 Å². The number of alkyl halides is 2. The number of rotatable bonds is 32. The van der Waals surface area contributed by atoms with Crippen molar-refractivity contribution in [1.82, 2.24) is 0 Å². The minimum atomic E-state index is -5.21. The molecule has 0 aliphatic carbocycles. The van der Waals surface area contributed by atoms with Gasteiger partial charge in [0.2, 0.25) is 0 Å². The van der Waals surface area contributed by atoms with Gasteiger partial charge in [-0.2, -0.15) is 0 Å². The van der Waals surface area contributed by atoms with Gasteiger partial charge < -0.3 is 89.1 Å². The first-order valence-corrected chi connectivity index (χ1v) is 21.7. The molecule has 0 amide bonds. The zero-order chi connectivity index (χ0) is 37.8. The van der Waals surface area contributed by atoms with Gasteiger partial charge in [-0.1, -0.05) is 0 Å². The molecule has 0 aromatic heterocycles. The molecule has 0 heterocycles. The van der Waals surface area contributed by atoms with Crippen LogP contribution in [0.1, 0.15) is 0 Å². The monoisotopic (exact) mass is 848 g/mol. The lowest BCUT2D eigenvalue weighted by molar-refractivity contribution is -0.238. The molecule has 0 aliphatic heterocycles. The molecule has 25 nitrogen and oxygen atoms in total. The van der Waals surface area contributed by atoms with Crippen molar-refractivity contribution in [2.24, 2.45) is 11.8 Å². The molecule has 0 rings (SSSR count). The van der Waals surface area contributed by atoms with E-state index in [9.17, 15) is 65.5 Å². The molecule has 296 valence electrons. The summed E-state index contributed by atoms with van der Waals surface area (Å²) in [6, 6.07) is 0. The van der Waals surface area contributed by atoms with Crippen molar-refractivity contribution in [2.45, 2.75) is 0 Å². The molecule has 0 aromatic carbocycles. The van der Waals surface area contributed by atoms with Gasteiger partial charge in [-0.15, -0.1) is 0 Å². The van der Waals surface area contributed by atoms with Crippen LogP contribution in [-0.4, -0.2) is 103 Å². The third-order valence-electron chi connectivity index (χ3n) is 4.43. The molecule has 0 spiro atoms. The molecule has 0 radical (unpaired) electrons. The van der Waals surface area contributed by atoms with Crippen molar-refractivity contribution in [3.63, 3.8) is 0 Å². The van der Waals surface area contributed by atoms with Crippen LogP contribution in [0.25, 0.3) is 0 Å². The van der Waals surface area contributed by atoms with E-state index in [1.807, 2.05) is 0 Å². The Kier molecular flexibility index (Phi) is 24.2. The smallest absolute Gasteiger partial charge is 0.268 e. The molecule has 0 bridgehead atoms. The maximum Gasteiger partial charge on any atom is 0.268 e. The molecule has 0 aliphatic rings. The van der Waals surface area contributed by atoms with Crippen molar-refractivity contribution >= 4 is 46.9 Å². The highest BCUT2D eigenvalue weighted by Gasteiger charge is 2.19. The van der Waals surface area contributed by atoms with Crippen LogP contribution in [0, 0.1) is 11.8 Å². The van der Waals surface area contributed by atoms with Crippen LogP contribution < -0.4 is 29.4 Å². The number of phosphoric ester groups is 6. The molecule has 8 unspecified atom stereocenters. The van der Waals surface area contributed by atoms with Crippen LogP contribution >= 0.6 is 46.9 Å². The molecule has 2 N–H and O–H groups in total. The van der Waals surface area contributed by atoms with Crippen molar-refractivity contribution in [3.8, 4) is 0 Å². The standard InChI is InChI=1S/C16H38F2O25P6/c17-9-15(11-19)12-42-48(29,30)39-7-5-37-46(25,26)35-3-1-33-45(23,24)34-2-4-36-47(27,28)38-6-8-40-49(31,32)43-14-16(10-18)13-41-44(20,21)22/h15-16,19H,1-14H2,(H,23,24)(H,25,26)(H,27,28)(H,29,30)(H,31,32)(H2,20,21,22)/p-6. The number of aliphatic hydroxyl groups excluding tert-OH is 1. The summed E-state index contributed by atoms with van der Waals surface area (Å²) in [5.74, 6) is -2.59. The van der Waals surface area contributed by atoms with E-state index in [4.69, 9.17) is 10.00 Å². The minimum absolute atomic E-state index is 0.710. The molecule has 8 atom stereocenters. The van der Waals surface area contributed by atoms with E-state index in [0.29, 0.717) is 0 Å². The Hall–Kier alpha value is 0.480. The largest absolute Gasteiger partial charge is 0.756 e. The summed E-state index contributed by atoms with van der Waals surface area (Å²) in [6.07, 6.45) is 0. The summed E-state index contributed by atoms with van der Waals surface area (Å²) in [5.41, 5.74) is 0. The number of hydrogen-bond acceptors (Lipinski definition) is 24. The second-order valence-corrected chi connectivity index (χ2v) is 16.7. The Morgan fingerprint density at radius 3 is 0.878 bits per heavy atom. The van der Waals surface area contributed by atoms with Crippen LogP contribution in [0.4, 0.5) is 8.78 Å². The zero-order valence-corrected chi connectivity index (χ0v) is 30.1. The highest BCUT2D eigenvalue weighted by molar-refractivity contribution is 7.47. The summed E-state index contributed by atoms with van der Waals surface area (Å²) >= 11 is 0. The van der Waals surface area contributed by atoms with Gasteiger partial charge >= 0.3 is 0 Å². The number of aliphatic hydroxyl groups is 1. The Morgan fingerprint density at radius 2 is 0.653 bits per heavy atom. The van der Waals surface area contributed by atoms with E-state index in [1.165, 1.54) is 0 Å². The maximum atomic E-state index is 12.8. The quantitative estimate of drug-likeness (QED) is 0.0507. The lowest BCUT2D eigenvalue weighted by Gasteiger charge is -2.27. The molecule has 33 heteroatoms. The molecule has 49 heavy (non-hydrogen) atoms. The third-order valence-corrected chi connectivity index (χ3v) is 9.83. The SMILES string of the molecule is O=P([O-])(O)OCC(CF)COP(=O)([O-])OCCOP(=O)([O-])OCCOP(=O)([O-])OCCOP(=O)([O-])OCCOP(=O)([O-])OCC(CO)CF. The maximum absolute atomic E-state index is 12.8. The van der Waals surface area contributed by atoms with Gasteiger partial charge in [-0.3, -0.25) is 36.2 Å². The first-order valence-electron chi connectivity index (χ1n) is 12.9. The normalized spacial score (nSPS) is 20.9. The molecular weight excluding hydrogens is 816 g/mol. The average molecular weight is 848 g/mol. The van der Waals surface area contributed by atoms with Crippen LogP contribution in [0.15, 0.2) is 0 Å². The molecule has 0 saturated heterocycles. The van der Waals surface area contributed by atoms with Crippen molar-refractivity contribution in [1.29, 1.82) is 0 Å². The Balaban J connectivity index is 4.22. The summed E-state index contributed by atoms with van der Waals surface area (Å²) in [7, 11) is -30.9. The highest BCUT2D eigenvalue weighted by atomic mass is 31.2. The van der Waals surface area contributed by atoms with Gasteiger partial charge in [-0.05, 0) is 0 Å². The van der Waals surface area contributed by atoms with E-state index in [0.717, 1.165) is 0 Å². The van der Waals surface area contributed by atoms with Crippen LogP contribution in [-0.2, 0) is 77.2 Å². The van der Waals surface area contributed by atoms with E-state index in [2.05, 4.69) is 49.8 Å². The first-order chi connectivity index (χ1) is 22.5. The fourth-order valence-electron chi connectivity index (χ4n) is 2.26. The molecular formula is C16H32F2O25P6-6.